The molecule has 21 heavy (non-hydrogen) atoms. The fourth-order valence-corrected chi connectivity index (χ4v) is 2.47. The maximum atomic E-state index is 12.2. The van der Waals surface area contributed by atoms with Gasteiger partial charge in [0.05, 0.1) is 6.42 Å². The Balaban J connectivity index is 1.84. The lowest BCUT2D eigenvalue weighted by Crippen LogP contribution is -2.36. The van der Waals surface area contributed by atoms with E-state index in [0.29, 0.717) is 6.54 Å². The van der Waals surface area contributed by atoms with Crippen molar-refractivity contribution in [2.75, 3.05) is 6.54 Å². The van der Waals surface area contributed by atoms with E-state index in [0.717, 1.165) is 13.0 Å². The van der Waals surface area contributed by atoms with E-state index in [-0.39, 0.29) is 24.7 Å². The molecule has 0 saturated heterocycles. The first-order valence-corrected chi connectivity index (χ1v) is 7.41. The van der Waals surface area contributed by atoms with Gasteiger partial charge >= 0.3 is 5.97 Å². The van der Waals surface area contributed by atoms with Crippen LogP contribution in [0.25, 0.3) is 0 Å². The Morgan fingerprint density at radius 2 is 1.81 bits per heavy atom. The molecule has 1 aliphatic rings. The van der Waals surface area contributed by atoms with E-state index >= 15 is 0 Å². The number of hydrogen-bond acceptors (Lipinski definition) is 3. The molecule has 1 heterocycles. The molecule has 2 rings (SSSR count). The fourth-order valence-electron chi connectivity index (χ4n) is 2.47. The van der Waals surface area contributed by atoms with Crippen LogP contribution in [0.2, 0.25) is 0 Å². The second kappa shape index (κ2) is 6.29. The monoisotopic (exact) mass is 289 g/mol. The zero-order valence-electron chi connectivity index (χ0n) is 13.0. The van der Waals surface area contributed by atoms with Gasteiger partial charge in [-0.2, -0.15) is 0 Å². The normalized spacial score (nSPS) is 14.5. The summed E-state index contributed by atoms with van der Waals surface area (Å²) >= 11 is 0. The average molecular weight is 289 g/mol. The number of carbonyl (C=O) groups is 2. The van der Waals surface area contributed by atoms with Gasteiger partial charge in [0.2, 0.25) is 5.91 Å². The second-order valence-corrected chi connectivity index (χ2v) is 6.42. The van der Waals surface area contributed by atoms with E-state index in [9.17, 15) is 9.59 Å². The third-order valence-corrected chi connectivity index (χ3v) is 3.45. The molecule has 0 N–H and O–H groups in total. The third kappa shape index (κ3) is 4.59. The number of hydrogen-bond donors (Lipinski definition) is 0. The quantitative estimate of drug-likeness (QED) is 0.804. The predicted molar refractivity (Wildman–Crippen MR) is 80.6 cm³/mol. The van der Waals surface area contributed by atoms with Crippen LogP contribution in [0.5, 0.6) is 0 Å². The first-order chi connectivity index (χ1) is 9.85. The summed E-state index contributed by atoms with van der Waals surface area (Å²) in [4.78, 5) is 25.7. The molecule has 0 atom stereocenters. The molecule has 0 fully saturated rings. The Hall–Kier alpha value is -1.84. The smallest absolute Gasteiger partial charge is 0.306 e. The lowest BCUT2D eigenvalue weighted by molar-refractivity contribution is -0.156. The number of carbonyl (C=O) groups excluding carboxylic acids is 2. The van der Waals surface area contributed by atoms with E-state index in [1.807, 2.05) is 37.8 Å². The topological polar surface area (TPSA) is 46.6 Å². The molecule has 4 heteroatoms. The summed E-state index contributed by atoms with van der Waals surface area (Å²) in [5.74, 6) is -0.288. The Morgan fingerprint density at radius 1 is 1.14 bits per heavy atom. The fraction of sp³-hybridized carbons (Fsp3) is 0.529. The standard InChI is InChI=1S/C17H23NO3/c1-17(2,3)21-16(20)9-8-15(19)18-11-10-13-6-4-5-7-14(13)12-18/h4-7H,8-12H2,1-3H3. The molecule has 0 spiro atoms. The van der Waals surface area contributed by atoms with Crippen LogP contribution in [0, 0.1) is 0 Å². The summed E-state index contributed by atoms with van der Waals surface area (Å²) < 4.78 is 5.22. The molecule has 0 aromatic heterocycles. The summed E-state index contributed by atoms with van der Waals surface area (Å²) in [6.07, 6.45) is 1.25. The van der Waals surface area contributed by atoms with Gasteiger partial charge in [-0.1, -0.05) is 24.3 Å². The molecular formula is C17H23NO3. The van der Waals surface area contributed by atoms with Crippen LogP contribution in [0.4, 0.5) is 0 Å². The van der Waals surface area contributed by atoms with E-state index in [4.69, 9.17) is 4.74 Å². The first kappa shape index (κ1) is 15.5. The van der Waals surface area contributed by atoms with E-state index in [2.05, 4.69) is 12.1 Å². The molecule has 1 aliphatic heterocycles. The zero-order valence-corrected chi connectivity index (χ0v) is 13.0. The van der Waals surface area contributed by atoms with Crippen molar-refractivity contribution < 1.29 is 14.3 Å². The van der Waals surface area contributed by atoms with Gasteiger partial charge in [0.1, 0.15) is 5.60 Å². The molecule has 0 radical (unpaired) electrons. The van der Waals surface area contributed by atoms with Crippen molar-refractivity contribution in [3.63, 3.8) is 0 Å². The van der Waals surface area contributed by atoms with Crippen molar-refractivity contribution in [3.05, 3.63) is 35.4 Å². The molecule has 0 unspecified atom stereocenters. The third-order valence-electron chi connectivity index (χ3n) is 3.45. The van der Waals surface area contributed by atoms with Gasteiger partial charge < -0.3 is 9.64 Å². The largest absolute Gasteiger partial charge is 0.460 e. The van der Waals surface area contributed by atoms with Crippen molar-refractivity contribution in [2.45, 2.75) is 52.2 Å². The Kier molecular flexibility index (Phi) is 4.66. The molecule has 1 aromatic carbocycles. The van der Waals surface area contributed by atoms with E-state index in [1.165, 1.54) is 11.1 Å². The highest BCUT2D eigenvalue weighted by molar-refractivity contribution is 5.81. The van der Waals surface area contributed by atoms with Gasteiger partial charge in [0, 0.05) is 19.5 Å². The number of fused-ring (bicyclic) bond motifs is 1. The van der Waals surface area contributed by atoms with E-state index in [1.54, 1.807) is 0 Å². The number of amides is 1. The maximum absolute atomic E-state index is 12.2. The molecule has 114 valence electrons. The van der Waals surface area contributed by atoms with Crippen molar-refractivity contribution in [3.8, 4) is 0 Å². The summed E-state index contributed by atoms with van der Waals surface area (Å²) in [5.41, 5.74) is 2.02. The highest BCUT2D eigenvalue weighted by Gasteiger charge is 2.22. The van der Waals surface area contributed by atoms with Crippen molar-refractivity contribution >= 4 is 11.9 Å². The summed E-state index contributed by atoms with van der Waals surface area (Å²) in [5, 5.41) is 0. The minimum atomic E-state index is -0.496. The summed E-state index contributed by atoms with van der Waals surface area (Å²) in [7, 11) is 0. The SMILES string of the molecule is CC(C)(C)OC(=O)CCC(=O)N1CCc2ccccc2C1. The van der Waals surface area contributed by atoms with E-state index < -0.39 is 5.60 Å². The molecule has 4 nitrogen and oxygen atoms in total. The van der Waals surface area contributed by atoms with Gasteiger partial charge in [-0.25, -0.2) is 0 Å². The van der Waals surface area contributed by atoms with Crippen LogP contribution < -0.4 is 0 Å². The lowest BCUT2D eigenvalue weighted by atomic mass is 9.99. The Labute approximate surface area is 126 Å². The minimum absolute atomic E-state index is 0.0235. The molecule has 0 bridgehead atoms. The van der Waals surface area contributed by atoms with Gasteiger partial charge in [-0.05, 0) is 38.3 Å². The number of rotatable bonds is 3. The van der Waals surface area contributed by atoms with Crippen LogP contribution >= 0.6 is 0 Å². The Bertz CT molecular complexity index is 531. The van der Waals surface area contributed by atoms with Crippen molar-refractivity contribution in [1.82, 2.24) is 4.90 Å². The molecular weight excluding hydrogens is 266 g/mol. The van der Waals surface area contributed by atoms with Gasteiger partial charge in [0.25, 0.3) is 0 Å². The Morgan fingerprint density at radius 3 is 2.48 bits per heavy atom. The second-order valence-electron chi connectivity index (χ2n) is 6.42. The van der Waals surface area contributed by atoms with Crippen LogP contribution in [-0.2, 0) is 27.3 Å². The van der Waals surface area contributed by atoms with Crippen LogP contribution in [0.15, 0.2) is 24.3 Å². The molecule has 1 amide bonds. The first-order valence-electron chi connectivity index (χ1n) is 7.41. The predicted octanol–water partition coefficient (Wildman–Crippen LogP) is 2.69. The average Bonchev–Trinajstić information content (AvgIpc) is 2.42. The summed E-state index contributed by atoms with van der Waals surface area (Å²) in [6.45, 7) is 6.85. The molecule has 0 aliphatic carbocycles. The number of esters is 1. The highest BCUT2D eigenvalue weighted by atomic mass is 16.6. The molecule has 0 saturated carbocycles. The number of ether oxygens (including phenoxy) is 1. The zero-order chi connectivity index (χ0) is 15.5. The van der Waals surface area contributed by atoms with Crippen molar-refractivity contribution in [2.24, 2.45) is 0 Å². The van der Waals surface area contributed by atoms with Crippen molar-refractivity contribution in [1.29, 1.82) is 0 Å². The number of nitrogens with zero attached hydrogens (tertiary/aromatic N) is 1. The summed E-state index contributed by atoms with van der Waals surface area (Å²) in [6, 6.07) is 8.19. The maximum Gasteiger partial charge on any atom is 0.306 e. The lowest BCUT2D eigenvalue weighted by Gasteiger charge is -2.29. The van der Waals surface area contributed by atoms with Crippen LogP contribution in [0.3, 0.4) is 0 Å². The van der Waals surface area contributed by atoms with Crippen LogP contribution in [-0.4, -0.2) is 28.9 Å². The minimum Gasteiger partial charge on any atom is -0.460 e. The number of benzene rings is 1. The molecule has 1 aromatic rings. The highest BCUT2D eigenvalue weighted by Crippen LogP contribution is 2.19. The van der Waals surface area contributed by atoms with Crippen LogP contribution in [0.1, 0.15) is 44.7 Å². The van der Waals surface area contributed by atoms with Gasteiger partial charge in [0.15, 0.2) is 0 Å². The van der Waals surface area contributed by atoms with Gasteiger partial charge in [-0.15, -0.1) is 0 Å². The van der Waals surface area contributed by atoms with Gasteiger partial charge in [-0.3, -0.25) is 9.59 Å².